The lowest BCUT2D eigenvalue weighted by Gasteiger charge is -2.11. The predicted octanol–water partition coefficient (Wildman–Crippen LogP) is 4.33. The fraction of sp³-hybridized carbons (Fsp3) is 0.0667. The fourth-order valence-electron chi connectivity index (χ4n) is 2.03. The van der Waals surface area contributed by atoms with E-state index in [4.69, 9.17) is 27.9 Å². The number of halogens is 5. The molecule has 0 radical (unpaired) electrons. The minimum absolute atomic E-state index is 0.0354. The quantitative estimate of drug-likeness (QED) is 0.531. The number of aromatic nitrogens is 2. The molecule has 0 aliphatic rings. The molecule has 0 aliphatic carbocycles. The zero-order valence-electron chi connectivity index (χ0n) is 12.1. The van der Waals surface area contributed by atoms with Gasteiger partial charge in [0.1, 0.15) is 34.0 Å². The number of rotatable bonds is 4. The largest absolute Gasteiger partial charge is 0.487 e. The first-order valence-corrected chi connectivity index (χ1v) is 7.43. The summed E-state index contributed by atoms with van der Waals surface area (Å²) in [5.41, 5.74) is -0.000281. The van der Waals surface area contributed by atoms with E-state index in [1.807, 2.05) is 0 Å². The summed E-state index contributed by atoms with van der Waals surface area (Å²) in [5, 5.41) is 2.11. The van der Waals surface area contributed by atoms with Gasteiger partial charge in [-0.2, -0.15) is 0 Å². The van der Waals surface area contributed by atoms with E-state index in [0.717, 1.165) is 6.07 Å². The molecule has 0 unspecified atom stereocenters. The van der Waals surface area contributed by atoms with Gasteiger partial charge in [0.05, 0.1) is 5.56 Å². The first-order valence-electron chi connectivity index (χ1n) is 6.68. The van der Waals surface area contributed by atoms with Gasteiger partial charge >= 0.3 is 5.76 Å². The third-order valence-corrected chi connectivity index (χ3v) is 3.93. The van der Waals surface area contributed by atoms with Gasteiger partial charge in [0.15, 0.2) is 11.6 Å². The molecular formula is C15H7Cl2F3N2O3. The van der Waals surface area contributed by atoms with Crippen LogP contribution in [-0.2, 0) is 6.61 Å². The van der Waals surface area contributed by atoms with Crippen LogP contribution in [0.15, 0.2) is 33.6 Å². The third kappa shape index (κ3) is 3.35. The highest BCUT2D eigenvalue weighted by Gasteiger charge is 2.18. The van der Waals surface area contributed by atoms with Crippen molar-refractivity contribution in [2.45, 2.75) is 6.61 Å². The molecule has 0 saturated heterocycles. The van der Waals surface area contributed by atoms with E-state index in [-0.39, 0.29) is 29.3 Å². The summed E-state index contributed by atoms with van der Waals surface area (Å²) in [6.45, 7) is -0.387. The van der Waals surface area contributed by atoms with Crippen LogP contribution < -0.4 is 10.5 Å². The highest BCUT2D eigenvalue weighted by atomic mass is 35.5. The molecule has 130 valence electrons. The Hall–Kier alpha value is -2.45. The van der Waals surface area contributed by atoms with E-state index >= 15 is 0 Å². The summed E-state index contributed by atoms with van der Waals surface area (Å²) < 4.78 is 51.1. The van der Waals surface area contributed by atoms with Crippen molar-refractivity contribution in [3.05, 3.63) is 67.9 Å². The minimum Gasteiger partial charge on any atom is -0.487 e. The van der Waals surface area contributed by atoms with Gasteiger partial charge in [-0.25, -0.2) is 18.0 Å². The van der Waals surface area contributed by atoms with Gasteiger partial charge in [-0.15, -0.1) is 0 Å². The Morgan fingerprint density at radius 2 is 1.92 bits per heavy atom. The standard InChI is InChI=1S/C15H7Cl2F3N2O3/c16-10-8(18)4-9(11(17)13(10)20)24-5-6-2-1-3-7(12(6)19)14-21-15(23)25-22-14/h1-4H,5H2,(H,21,22,23). The molecule has 3 aromatic rings. The predicted molar refractivity (Wildman–Crippen MR) is 83.2 cm³/mol. The van der Waals surface area contributed by atoms with Crippen molar-refractivity contribution in [3.63, 3.8) is 0 Å². The molecule has 10 heteroatoms. The summed E-state index contributed by atoms with van der Waals surface area (Å²) >= 11 is 11.1. The van der Waals surface area contributed by atoms with E-state index < -0.39 is 33.3 Å². The molecule has 5 nitrogen and oxygen atoms in total. The van der Waals surface area contributed by atoms with Crippen molar-refractivity contribution in [2.24, 2.45) is 0 Å². The van der Waals surface area contributed by atoms with Crippen LogP contribution in [0.2, 0.25) is 10.0 Å². The van der Waals surface area contributed by atoms with Crippen molar-refractivity contribution in [3.8, 4) is 17.1 Å². The number of aromatic amines is 1. The summed E-state index contributed by atoms with van der Waals surface area (Å²) in [5.74, 6) is -4.26. The minimum atomic E-state index is -1.17. The summed E-state index contributed by atoms with van der Waals surface area (Å²) in [7, 11) is 0. The highest BCUT2D eigenvalue weighted by Crippen LogP contribution is 2.35. The molecule has 3 rings (SSSR count). The van der Waals surface area contributed by atoms with Crippen molar-refractivity contribution in [2.75, 3.05) is 0 Å². The monoisotopic (exact) mass is 390 g/mol. The Balaban J connectivity index is 1.89. The van der Waals surface area contributed by atoms with E-state index in [1.54, 1.807) is 0 Å². The molecule has 1 aromatic heterocycles. The van der Waals surface area contributed by atoms with Gasteiger partial charge in [0, 0.05) is 11.6 Å². The highest BCUT2D eigenvalue weighted by molar-refractivity contribution is 6.35. The topological polar surface area (TPSA) is 68.1 Å². The molecule has 0 bridgehead atoms. The van der Waals surface area contributed by atoms with Crippen LogP contribution in [0.3, 0.4) is 0 Å². The Kier molecular flexibility index (Phi) is 4.73. The average molecular weight is 391 g/mol. The normalized spacial score (nSPS) is 10.9. The maximum Gasteiger partial charge on any atom is 0.439 e. The van der Waals surface area contributed by atoms with Gasteiger partial charge in [-0.05, 0) is 6.07 Å². The molecule has 25 heavy (non-hydrogen) atoms. The van der Waals surface area contributed by atoms with Crippen LogP contribution in [0.4, 0.5) is 13.2 Å². The number of hydrogen-bond acceptors (Lipinski definition) is 4. The van der Waals surface area contributed by atoms with Gasteiger partial charge in [0.25, 0.3) is 0 Å². The summed E-state index contributed by atoms with van der Waals surface area (Å²) in [4.78, 5) is 13.2. The number of hydrogen-bond donors (Lipinski definition) is 1. The van der Waals surface area contributed by atoms with Gasteiger partial charge in [-0.1, -0.05) is 40.5 Å². The molecular weight excluding hydrogens is 384 g/mol. The molecule has 0 atom stereocenters. The molecule has 0 spiro atoms. The zero-order chi connectivity index (χ0) is 18.1. The van der Waals surface area contributed by atoms with Crippen molar-refractivity contribution < 1.29 is 22.4 Å². The Labute approximate surface area is 147 Å². The van der Waals surface area contributed by atoms with Crippen LogP contribution in [0.5, 0.6) is 5.75 Å². The van der Waals surface area contributed by atoms with Crippen LogP contribution in [0.1, 0.15) is 5.56 Å². The number of nitrogens with zero attached hydrogens (tertiary/aromatic N) is 1. The number of benzene rings is 2. The Morgan fingerprint density at radius 3 is 2.60 bits per heavy atom. The molecule has 0 fully saturated rings. The number of H-pyrrole nitrogens is 1. The smallest absolute Gasteiger partial charge is 0.439 e. The van der Waals surface area contributed by atoms with Gasteiger partial charge in [0.2, 0.25) is 0 Å². The third-order valence-electron chi connectivity index (χ3n) is 3.23. The fourth-order valence-corrected chi connectivity index (χ4v) is 2.43. The molecule has 2 aromatic carbocycles. The average Bonchev–Trinajstić information content (AvgIpc) is 3.02. The summed E-state index contributed by atoms with van der Waals surface area (Å²) in [6.07, 6.45) is 0. The molecule has 0 saturated carbocycles. The van der Waals surface area contributed by atoms with Crippen molar-refractivity contribution >= 4 is 23.2 Å². The van der Waals surface area contributed by atoms with Crippen LogP contribution in [0, 0.1) is 17.5 Å². The van der Waals surface area contributed by atoms with E-state index in [2.05, 4.69) is 14.7 Å². The molecule has 0 amide bonds. The Bertz CT molecular complexity index is 1000. The van der Waals surface area contributed by atoms with E-state index in [0.29, 0.717) is 0 Å². The first-order chi connectivity index (χ1) is 11.9. The summed E-state index contributed by atoms with van der Waals surface area (Å²) in [6, 6.07) is 5.02. The van der Waals surface area contributed by atoms with Crippen LogP contribution in [0.25, 0.3) is 11.4 Å². The lowest BCUT2D eigenvalue weighted by atomic mass is 10.1. The second-order valence-corrected chi connectivity index (χ2v) is 5.57. The first kappa shape index (κ1) is 17.4. The second-order valence-electron chi connectivity index (χ2n) is 4.81. The zero-order valence-corrected chi connectivity index (χ0v) is 13.6. The molecule has 1 N–H and O–H groups in total. The SMILES string of the molecule is O=c1[nH]c(-c2cccc(COc3cc(F)c(Cl)c(F)c3Cl)c2F)no1. The van der Waals surface area contributed by atoms with Gasteiger partial charge < -0.3 is 4.74 Å². The van der Waals surface area contributed by atoms with Crippen molar-refractivity contribution in [1.29, 1.82) is 0 Å². The van der Waals surface area contributed by atoms with Gasteiger partial charge in [-0.3, -0.25) is 9.51 Å². The lowest BCUT2D eigenvalue weighted by Crippen LogP contribution is -2.03. The number of ether oxygens (including phenoxy) is 1. The lowest BCUT2D eigenvalue weighted by molar-refractivity contribution is 0.297. The van der Waals surface area contributed by atoms with Crippen molar-refractivity contribution in [1.82, 2.24) is 10.1 Å². The maximum atomic E-state index is 14.5. The molecule has 0 aliphatic heterocycles. The Morgan fingerprint density at radius 1 is 1.16 bits per heavy atom. The second kappa shape index (κ2) is 6.81. The van der Waals surface area contributed by atoms with E-state index in [1.165, 1.54) is 18.2 Å². The van der Waals surface area contributed by atoms with Crippen LogP contribution in [-0.4, -0.2) is 10.1 Å². The van der Waals surface area contributed by atoms with E-state index in [9.17, 15) is 18.0 Å². The van der Waals surface area contributed by atoms with Crippen LogP contribution >= 0.6 is 23.2 Å². The number of nitrogens with one attached hydrogen (secondary N) is 1. The molecule has 1 heterocycles. The maximum absolute atomic E-state index is 14.5.